The van der Waals surface area contributed by atoms with E-state index < -0.39 is 35.5 Å². The normalized spacial score (nSPS) is 31.2. The predicted octanol–water partition coefficient (Wildman–Crippen LogP) is 4.93. The summed E-state index contributed by atoms with van der Waals surface area (Å²) in [6.45, 7) is 7.21. The maximum atomic E-state index is 14.4. The molecule has 1 amide bonds. The lowest BCUT2D eigenvalue weighted by atomic mass is 9.42. The number of aromatic nitrogens is 1. The molecule has 0 spiro atoms. The summed E-state index contributed by atoms with van der Waals surface area (Å²) in [5, 5.41) is 14.7. The highest BCUT2D eigenvalue weighted by Gasteiger charge is 2.60. The van der Waals surface area contributed by atoms with Crippen LogP contribution in [0.15, 0.2) is 36.5 Å². The highest BCUT2D eigenvalue weighted by Crippen LogP contribution is 2.65. The van der Waals surface area contributed by atoms with Crippen LogP contribution in [0.25, 0.3) is 0 Å². The van der Waals surface area contributed by atoms with Crippen molar-refractivity contribution in [3.8, 4) is 5.75 Å². The predicted molar refractivity (Wildman–Crippen MR) is 169 cm³/mol. The molecule has 1 aromatic heterocycles. The van der Waals surface area contributed by atoms with Crippen LogP contribution >= 0.6 is 0 Å². The number of carboxylic acid groups (broad SMARTS) is 1. The molecule has 1 aromatic carbocycles. The van der Waals surface area contributed by atoms with Gasteiger partial charge < -0.3 is 29.7 Å². The lowest BCUT2D eigenvalue weighted by molar-refractivity contribution is -0.159. The Labute approximate surface area is 261 Å². The number of carboxylic acids is 1. The number of ether oxygens (including phenoxy) is 2. The maximum Gasteiger partial charge on any atom is 0.326 e. The number of aliphatic carboxylic acids is 1. The van der Waals surface area contributed by atoms with Crippen molar-refractivity contribution >= 4 is 17.7 Å². The Kier molecular flexibility index (Phi) is 8.16. The molecule has 7 rings (SSSR count). The summed E-state index contributed by atoms with van der Waals surface area (Å²) in [7, 11) is 5.55. The van der Waals surface area contributed by atoms with E-state index in [1.165, 1.54) is 24.8 Å². The molecule has 44 heavy (non-hydrogen) atoms. The van der Waals surface area contributed by atoms with Gasteiger partial charge in [-0.15, -0.1) is 0 Å². The first-order valence-corrected chi connectivity index (χ1v) is 16.1. The van der Waals surface area contributed by atoms with Gasteiger partial charge in [0.05, 0.1) is 13.2 Å². The number of likely N-dealkylation sites (tertiary alicyclic amines) is 1. The van der Waals surface area contributed by atoms with Crippen LogP contribution in [0.5, 0.6) is 5.75 Å². The third-order valence-corrected chi connectivity index (χ3v) is 10.6. The number of benzene rings is 1. The van der Waals surface area contributed by atoms with Gasteiger partial charge in [0.15, 0.2) is 0 Å². The van der Waals surface area contributed by atoms with E-state index in [1.807, 2.05) is 31.1 Å². The molecular formula is C35H48N4O5. The molecule has 3 saturated carbocycles. The summed E-state index contributed by atoms with van der Waals surface area (Å²) in [6, 6.07) is 8.42. The van der Waals surface area contributed by atoms with E-state index in [0.717, 1.165) is 35.6 Å². The van der Waals surface area contributed by atoms with Gasteiger partial charge >= 0.3 is 5.97 Å². The van der Waals surface area contributed by atoms with Crippen LogP contribution in [0.1, 0.15) is 82.0 Å². The van der Waals surface area contributed by atoms with E-state index in [9.17, 15) is 14.7 Å². The molecular weight excluding hydrogens is 556 g/mol. The first-order chi connectivity index (χ1) is 20.9. The SMILES string of the molecule is COc1ccc(C23CC(C2)C3)cc1CN[C@H]1[C@H](C(C)(C)C)[C@@H](C(=O)O)N(C(=O)[C@@H]2CCCCO2)[C@H]1c1cccnc1N(C)C. The van der Waals surface area contributed by atoms with Crippen LogP contribution in [0, 0.1) is 17.3 Å². The Morgan fingerprint density at radius 2 is 1.93 bits per heavy atom. The largest absolute Gasteiger partial charge is 0.496 e. The fourth-order valence-electron chi connectivity index (χ4n) is 8.47. The van der Waals surface area contributed by atoms with E-state index in [4.69, 9.17) is 9.47 Å². The molecule has 0 unspecified atom stereocenters. The maximum absolute atomic E-state index is 14.4. The van der Waals surface area contributed by atoms with Crippen molar-refractivity contribution in [1.29, 1.82) is 0 Å². The molecule has 2 saturated heterocycles. The number of methoxy groups -OCH3 is 1. The minimum atomic E-state index is -1.04. The smallest absolute Gasteiger partial charge is 0.326 e. The highest BCUT2D eigenvalue weighted by atomic mass is 16.5. The summed E-state index contributed by atoms with van der Waals surface area (Å²) in [5.41, 5.74) is 3.10. The molecule has 3 aliphatic carbocycles. The fourth-order valence-corrected chi connectivity index (χ4v) is 8.47. The standard InChI is InChI=1S/C35H48N4O5/c1-34(2,3)27-28(37-20-22-16-23(12-13-25(22)43-6)35-17-21(18-35)19-35)29(24-10-9-14-36-31(24)38(4)5)39(30(27)33(41)42)32(40)26-11-7-8-15-44-26/h9-10,12-14,16,21,26-30,37H,7-8,11,15,17-20H2,1-6H3,(H,41,42)/t21?,26-,27-,28-,29-,30-,35?/m0/s1. The molecule has 9 heteroatoms. The van der Waals surface area contributed by atoms with Gasteiger partial charge in [-0.05, 0) is 73.0 Å². The van der Waals surface area contributed by atoms with Crippen LogP contribution in [-0.4, -0.2) is 72.9 Å². The van der Waals surface area contributed by atoms with Crippen LogP contribution in [0.4, 0.5) is 5.82 Å². The molecule has 2 bridgehead atoms. The topological polar surface area (TPSA) is 104 Å². The molecule has 3 heterocycles. The van der Waals surface area contributed by atoms with Crippen molar-refractivity contribution in [3.63, 3.8) is 0 Å². The Balaban J connectivity index is 1.44. The summed E-state index contributed by atoms with van der Waals surface area (Å²) in [5.74, 6) is 0.747. The molecule has 2 aromatic rings. The number of carbonyl (C=O) groups excluding carboxylic acids is 1. The number of amides is 1. The summed E-state index contributed by atoms with van der Waals surface area (Å²) in [4.78, 5) is 35.9. The number of carbonyl (C=O) groups is 2. The molecule has 0 radical (unpaired) electrons. The van der Waals surface area contributed by atoms with Crippen molar-refractivity contribution in [3.05, 3.63) is 53.2 Å². The van der Waals surface area contributed by atoms with Gasteiger partial charge in [-0.2, -0.15) is 0 Å². The van der Waals surface area contributed by atoms with E-state index >= 15 is 0 Å². The van der Waals surface area contributed by atoms with E-state index in [0.29, 0.717) is 30.8 Å². The summed E-state index contributed by atoms with van der Waals surface area (Å²) < 4.78 is 11.8. The second-order valence-corrected chi connectivity index (χ2v) is 14.7. The fraction of sp³-hybridized carbons (Fsp3) is 0.629. The Hall–Kier alpha value is -3.17. The van der Waals surface area contributed by atoms with Crippen molar-refractivity contribution < 1.29 is 24.2 Å². The second-order valence-electron chi connectivity index (χ2n) is 14.7. The second kappa shape index (κ2) is 11.6. The van der Waals surface area contributed by atoms with Gasteiger partial charge in [-0.25, -0.2) is 9.78 Å². The Bertz CT molecular complexity index is 1380. The molecule has 9 nitrogen and oxygen atoms in total. The first-order valence-electron chi connectivity index (χ1n) is 16.1. The average Bonchev–Trinajstić information content (AvgIpc) is 3.30. The third kappa shape index (κ3) is 5.26. The van der Waals surface area contributed by atoms with Crippen molar-refractivity contribution in [1.82, 2.24) is 15.2 Å². The highest BCUT2D eigenvalue weighted by molar-refractivity contribution is 5.88. The number of nitrogens with zero attached hydrogens (tertiary/aromatic N) is 3. The number of rotatable bonds is 9. The zero-order chi connectivity index (χ0) is 31.4. The average molecular weight is 605 g/mol. The molecule has 2 aliphatic heterocycles. The summed E-state index contributed by atoms with van der Waals surface area (Å²) >= 11 is 0. The van der Waals surface area contributed by atoms with Crippen molar-refractivity contribution in [2.24, 2.45) is 17.3 Å². The number of hydrogen-bond donors (Lipinski definition) is 2. The number of nitrogens with one attached hydrogen (secondary N) is 1. The van der Waals surface area contributed by atoms with Gasteiger partial charge in [-0.3, -0.25) is 4.79 Å². The minimum absolute atomic E-state index is 0.252. The lowest BCUT2D eigenvalue weighted by Gasteiger charge is -2.62. The van der Waals surface area contributed by atoms with E-state index in [2.05, 4.69) is 49.3 Å². The van der Waals surface area contributed by atoms with Crippen LogP contribution in [0.2, 0.25) is 0 Å². The van der Waals surface area contributed by atoms with E-state index in [1.54, 1.807) is 18.2 Å². The van der Waals surface area contributed by atoms with Gasteiger partial charge in [0, 0.05) is 56.5 Å². The summed E-state index contributed by atoms with van der Waals surface area (Å²) in [6.07, 6.45) is 7.24. The van der Waals surface area contributed by atoms with Gasteiger partial charge in [0.2, 0.25) is 0 Å². The number of hydrogen-bond acceptors (Lipinski definition) is 7. The van der Waals surface area contributed by atoms with Gasteiger partial charge in [-0.1, -0.05) is 39.0 Å². The minimum Gasteiger partial charge on any atom is -0.496 e. The van der Waals surface area contributed by atoms with Crippen LogP contribution < -0.4 is 15.0 Å². The molecule has 238 valence electrons. The third-order valence-electron chi connectivity index (χ3n) is 10.6. The number of pyridine rings is 1. The van der Waals surface area contributed by atoms with Gasteiger partial charge in [0.1, 0.15) is 23.7 Å². The first kappa shape index (κ1) is 30.8. The van der Waals surface area contributed by atoms with Gasteiger partial charge in [0.25, 0.3) is 5.91 Å². The molecule has 5 fully saturated rings. The Morgan fingerprint density at radius 1 is 1.18 bits per heavy atom. The van der Waals surface area contributed by atoms with Crippen LogP contribution in [0.3, 0.4) is 0 Å². The van der Waals surface area contributed by atoms with Crippen LogP contribution in [-0.2, 0) is 26.3 Å². The van der Waals surface area contributed by atoms with Crippen molar-refractivity contribution in [2.75, 3.05) is 32.7 Å². The zero-order valence-corrected chi connectivity index (χ0v) is 27.0. The molecule has 5 aliphatic rings. The van der Waals surface area contributed by atoms with Crippen molar-refractivity contribution in [2.45, 2.75) is 95.5 Å². The Morgan fingerprint density at radius 3 is 2.50 bits per heavy atom. The molecule has 2 N–H and O–H groups in total. The quantitative estimate of drug-likeness (QED) is 0.415. The lowest BCUT2D eigenvalue weighted by Crippen LogP contribution is -2.55. The van der Waals surface area contributed by atoms with E-state index in [-0.39, 0.29) is 11.9 Å². The monoisotopic (exact) mass is 604 g/mol. The number of anilines is 1. The molecule has 5 atom stereocenters. The zero-order valence-electron chi connectivity index (χ0n) is 27.0.